The maximum Gasteiger partial charge on any atom is 0.421 e. The normalized spacial score (nSPS) is 20.8. The van der Waals surface area contributed by atoms with Crippen LogP contribution in [0.2, 0.25) is 0 Å². The first-order valence-electron chi connectivity index (χ1n) is 13.5. The van der Waals surface area contributed by atoms with E-state index in [-0.39, 0.29) is 46.8 Å². The van der Waals surface area contributed by atoms with Gasteiger partial charge in [0.05, 0.1) is 18.4 Å². The number of carbonyl (C=O) groups is 1. The van der Waals surface area contributed by atoms with Gasteiger partial charge in [-0.25, -0.2) is 9.37 Å². The van der Waals surface area contributed by atoms with Crippen molar-refractivity contribution in [2.75, 3.05) is 37.9 Å². The summed E-state index contributed by atoms with van der Waals surface area (Å²) in [6.45, 7) is 3.55. The summed E-state index contributed by atoms with van der Waals surface area (Å²) in [7, 11) is 3.30. The van der Waals surface area contributed by atoms with Crippen molar-refractivity contribution in [3.05, 3.63) is 70.7 Å². The summed E-state index contributed by atoms with van der Waals surface area (Å²) in [6, 6.07) is 9.61. The van der Waals surface area contributed by atoms with Gasteiger partial charge in [-0.15, -0.1) is 0 Å². The van der Waals surface area contributed by atoms with Gasteiger partial charge in [-0.3, -0.25) is 4.79 Å². The molecule has 2 heterocycles. The first-order chi connectivity index (χ1) is 19.5. The van der Waals surface area contributed by atoms with E-state index in [2.05, 4.69) is 30.8 Å². The number of likely N-dealkylation sites (tertiary alicyclic amines) is 1. The van der Waals surface area contributed by atoms with E-state index in [1.165, 1.54) is 13.2 Å². The largest absolute Gasteiger partial charge is 0.495 e. The van der Waals surface area contributed by atoms with Crippen molar-refractivity contribution in [1.82, 2.24) is 20.2 Å². The number of benzene rings is 2. The monoisotopic (exact) mass is 572 g/mol. The van der Waals surface area contributed by atoms with Crippen LogP contribution in [-0.4, -0.2) is 60.1 Å². The molecule has 1 saturated heterocycles. The third-order valence-electron chi connectivity index (χ3n) is 7.75. The van der Waals surface area contributed by atoms with Crippen LogP contribution in [0.5, 0.6) is 5.75 Å². The number of rotatable bonds is 7. The van der Waals surface area contributed by atoms with Crippen LogP contribution in [0.25, 0.3) is 0 Å². The molecule has 218 valence electrons. The van der Waals surface area contributed by atoms with Gasteiger partial charge in [-0.05, 0) is 50.0 Å². The summed E-state index contributed by atoms with van der Waals surface area (Å²) < 4.78 is 62.1. The first-order valence-corrected chi connectivity index (χ1v) is 13.5. The fourth-order valence-electron chi connectivity index (χ4n) is 5.57. The summed E-state index contributed by atoms with van der Waals surface area (Å²) >= 11 is 0. The fraction of sp³-hybridized carbons (Fsp3) is 0.414. The molecule has 41 heavy (non-hydrogen) atoms. The highest BCUT2D eigenvalue weighted by Gasteiger charge is 2.37. The molecule has 1 amide bonds. The molecular formula is C29H32F4N6O2. The third kappa shape index (κ3) is 6.22. The Bertz CT molecular complexity index is 1430. The van der Waals surface area contributed by atoms with Crippen molar-refractivity contribution in [2.45, 2.75) is 50.4 Å². The van der Waals surface area contributed by atoms with Gasteiger partial charge >= 0.3 is 6.18 Å². The average molecular weight is 573 g/mol. The Morgan fingerprint density at radius 2 is 1.98 bits per heavy atom. The fourth-order valence-corrected chi connectivity index (χ4v) is 5.57. The lowest BCUT2D eigenvalue weighted by Crippen LogP contribution is -2.46. The zero-order valence-corrected chi connectivity index (χ0v) is 23.0. The molecule has 1 unspecified atom stereocenters. The van der Waals surface area contributed by atoms with E-state index in [0.29, 0.717) is 19.2 Å². The Kier molecular flexibility index (Phi) is 8.03. The van der Waals surface area contributed by atoms with Crippen molar-refractivity contribution in [3.8, 4) is 5.75 Å². The lowest BCUT2D eigenvalue weighted by atomic mass is 10.0. The van der Waals surface area contributed by atoms with Gasteiger partial charge in [-0.1, -0.05) is 31.2 Å². The Morgan fingerprint density at radius 3 is 2.68 bits per heavy atom. The zero-order chi connectivity index (χ0) is 29.3. The van der Waals surface area contributed by atoms with Gasteiger partial charge < -0.3 is 25.6 Å². The molecule has 0 bridgehead atoms. The second-order valence-electron chi connectivity index (χ2n) is 10.6. The highest BCUT2D eigenvalue weighted by molar-refractivity contribution is 5.96. The number of carbonyl (C=O) groups excluding carboxylic acids is 1. The standard InChI is InChI=1S/C29H32F4N6O2/c1-16-19-9-5-4-7-17(19)11-23(16)36-26-21(29(31,32)33)14-34-28(38-26)37-24-13-22(30)20(12-25(24)41-3)27(40)35-18-8-6-10-39(2)15-18/h4-5,7,9,12-14,16,18,23H,6,8,10-11,15H2,1-3H3,(H,35,40)(H2,34,36,37,38)/t16-,18?,23-/m1/s1. The number of hydrogen-bond donors (Lipinski definition) is 3. The molecule has 1 aliphatic carbocycles. The van der Waals surface area contributed by atoms with Crippen LogP contribution in [0.3, 0.4) is 0 Å². The van der Waals surface area contributed by atoms with Crippen LogP contribution >= 0.6 is 0 Å². The SMILES string of the molecule is COc1cc(C(=O)NC2CCCN(C)C2)c(F)cc1Nc1ncc(C(F)(F)F)c(N[C@@H]2Cc3ccccc3[C@H]2C)n1. The van der Waals surface area contributed by atoms with E-state index in [1.807, 2.05) is 38.2 Å². The van der Waals surface area contributed by atoms with Crippen molar-refractivity contribution >= 4 is 23.4 Å². The van der Waals surface area contributed by atoms with Gasteiger partial charge in [0.15, 0.2) is 0 Å². The molecule has 1 fully saturated rings. The van der Waals surface area contributed by atoms with Gasteiger partial charge in [0.2, 0.25) is 5.95 Å². The zero-order valence-electron chi connectivity index (χ0n) is 23.0. The van der Waals surface area contributed by atoms with Crippen molar-refractivity contribution in [3.63, 3.8) is 0 Å². The molecule has 0 spiro atoms. The number of ether oxygens (including phenoxy) is 1. The number of anilines is 3. The van der Waals surface area contributed by atoms with Crippen LogP contribution in [0.15, 0.2) is 42.6 Å². The first kappa shape index (κ1) is 28.6. The van der Waals surface area contributed by atoms with E-state index < -0.39 is 23.5 Å². The van der Waals surface area contributed by atoms with Crippen molar-refractivity contribution < 1.29 is 27.1 Å². The molecule has 12 heteroatoms. The van der Waals surface area contributed by atoms with Gasteiger partial charge in [-0.2, -0.15) is 18.2 Å². The summed E-state index contributed by atoms with van der Waals surface area (Å²) in [5.41, 5.74) is 0.992. The van der Waals surface area contributed by atoms with Crippen molar-refractivity contribution in [1.29, 1.82) is 0 Å². The summed E-state index contributed by atoms with van der Waals surface area (Å²) in [6.07, 6.45) is -1.74. The molecule has 3 aromatic rings. The van der Waals surface area contributed by atoms with E-state index in [1.54, 1.807) is 0 Å². The summed E-state index contributed by atoms with van der Waals surface area (Å²) in [5, 5.41) is 8.59. The number of nitrogens with one attached hydrogen (secondary N) is 3. The average Bonchev–Trinajstić information content (AvgIpc) is 3.23. The molecule has 1 aliphatic heterocycles. The van der Waals surface area contributed by atoms with Crippen LogP contribution < -0.4 is 20.7 Å². The Labute approximate surface area is 235 Å². The molecule has 0 saturated carbocycles. The maximum atomic E-state index is 15.1. The lowest BCUT2D eigenvalue weighted by molar-refractivity contribution is -0.137. The minimum absolute atomic E-state index is 0.0412. The Morgan fingerprint density at radius 1 is 1.20 bits per heavy atom. The molecule has 2 aromatic carbocycles. The number of halogens is 4. The molecular weight excluding hydrogens is 540 g/mol. The van der Waals surface area contributed by atoms with Crippen LogP contribution in [0, 0.1) is 5.82 Å². The Hall–Kier alpha value is -3.93. The number of aromatic nitrogens is 2. The minimum atomic E-state index is -4.69. The second-order valence-corrected chi connectivity index (χ2v) is 10.6. The van der Waals surface area contributed by atoms with Gasteiger partial charge in [0, 0.05) is 36.8 Å². The lowest BCUT2D eigenvalue weighted by Gasteiger charge is -2.30. The molecule has 8 nitrogen and oxygen atoms in total. The van der Waals surface area contributed by atoms with Crippen LogP contribution in [-0.2, 0) is 12.6 Å². The topological polar surface area (TPSA) is 91.4 Å². The highest BCUT2D eigenvalue weighted by Crippen LogP contribution is 2.39. The number of piperidine rings is 1. The maximum absolute atomic E-state index is 15.1. The molecule has 2 aliphatic rings. The predicted octanol–water partition coefficient (Wildman–Crippen LogP) is 5.35. The smallest absolute Gasteiger partial charge is 0.421 e. The van der Waals surface area contributed by atoms with Gasteiger partial charge in [0.1, 0.15) is 22.9 Å². The van der Waals surface area contributed by atoms with E-state index in [9.17, 15) is 18.0 Å². The van der Waals surface area contributed by atoms with E-state index >= 15 is 4.39 Å². The predicted molar refractivity (Wildman–Crippen MR) is 147 cm³/mol. The number of amides is 1. The summed E-state index contributed by atoms with van der Waals surface area (Å²) in [4.78, 5) is 22.9. The minimum Gasteiger partial charge on any atom is -0.495 e. The molecule has 1 aromatic heterocycles. The summed E-state index contributed by atoms with van der Waals surface area (Å²) in [5.74, 6) is -1.90. The van der Waals surface area contributed by atoms with Crippen LogP contribution in [0.1, 0.15) is 52.7 Å². The van der Waals surface area contributed by atoms with E-state index in [0.717, 1.165) is 36.6 Å². The van der Waals surface area contributed by atoms with Crippen LogP contribution in [0.4, 0.5) is 35.0 Å². The Balaban J connectivity index is 1.38. The number of fused-ring (bicyclic) bond motifs is 1. The van der Waals surface area contributed by atoms with Crippen molar-refractivity contribution in [2.24, 2.45) is 0 Å². The van der Waals surface area contributed by atoms with Gasteiger partial charge in [0.25, 0.3) is 5.91 Å². The number of alkyl halides is 3. The molecule has 5 rings (SSSR count). The molecule has 3 atom stereocenters. The second kappa shape index (κ2) is 11.5. The molecule has 0 radical (unpaired) electrons. The third-order valence-corrected chi connectivity index (χ3v) is 7.75. The highest BCUT2D eigenvalue weighted by atomic mass is 19.4. The number of nitrogens with zero attached hydrogens (tertiary/aromatic N) is 3. The number of likely N-dealkylation sites (N-methyl/N-ethyl adjacent to an activating group) is 1. The van der Waals surface area contributed by atoms with E-state index in [4.69, 9.17) is 4.74 Å². The quantitative estimate of drug-likeness (QED) is 0.329. The molecule has 3 N–H and O–H groups in total. The number of methoxy groups -OCH3 is 1. The number of hydrogen-bond acceptors (Lipinski definition) is 7.